The molecule has 14 heavy (non-hydrogen) atoms. The quantitative estimate of drug-likeness (QED) is 0.574. The summed E-state index contributed by atoms with van der Waals surface area (Å²) in [5, 5.41) is 0. The van der Waals surface area contributed by atoms with Gasteiger partial charge in [0.1, 0.15) is 0 Å². The summed E-state index contributed by atoms with van der Waals surface area (Å²) >= 11 is 0. The van der Waals surface area contributed by atoms with Crippen molar-refractivity contribution in [1.82, 2.24) is 0 Å². The predicted molar refractivity (Wildman–Crippen MR) is 53.8 cm³/mol. The molecule has 0 atom stereocenters. The van der Waals surface area contributed by atoms with Gasteiger partial charge < -0.3 is 5.73 Å². The number of primary amides is 1. The molecular weight excluding hydrogens is 178 g/mol. The number of rotatable bonds is 3. The van der Waals surface area contributed by atoms with E-state index in [1.165, 1.54) is 6.08 Å². The lowest BCUT2D eigenvalue weighted by Gasteiger charge is -1.95. The number of benzene rings is 1. The first-order chi connectivity index (χ1) is 6.59. The largest absolute Gasteiger partial charge is 0.366 e. The number of allylic oxidation sites excluding steroid dienone is 1. The molecule has 72 valence electrons. The highest BCUT2D eigenvalue weighted by Crippen LogP contribution is 2.04. The van der Waals surface area contributed by atoms with E-state index in [2.05, 4.69) is 0 Å². The summed E-state index contributed by atoms with van der Waals surface area (Å²) in [6.45, 7) is 1.94. The molecule has 0 spiro atoms. The van der Waals surface area contributed by atoms with Crippen LogP contribution >= 0.6 is 0 Å². The van der Waals surface area contributed by atoms with Crippen LogP contribution in [0.3, 0.4) is 0 Å². The first-order valence-electron chi connectivity index (χ1n) is 4.18. The van der Waals surface area contributed by atoms with Crippen molar-refractivity contribution in [2.45, 2.75) is 6.92 Å². The minimum absolute atomic E-state index is 0.219. The summed E-state index contributed by atoms with van der Waals surface area (Å²) in [6, 6.07) is 7.10. The van der Waals surface area contributed by atoms with Gasteiger partial charge in [-0.25, -0.2) is 0 Å². The van der Waals surface area contributed by atoms with Crippen LogP contribution in [0.5, 0.6) is 0 Å². The van der Waals surface area contributed by atoms with Crippen LogP contribution in [0, 0.1) is 6.92 Å². The van der Waals surface area contributed by atoms with Gasteiger partial charge in [-0.05, 0) is 13.0 Å². The van der Waals surface area contributed by atoms with E-state index in [4.69, 9.17) is 5.73 Å². The van der Waals surface area contributed by atoms with Crippen LogP contribution < -0.4 is 5.73 Å². The first-order valence-corrected chi connectivity index (χ1v) is 4.18. The molecule has 1 aromatic rings. The average molecular weight is 189 g/mol. The van der Waals surface area contributed by atoms with E-state index in [9.17, 15) is 9.59 Å². The Labute approximate surface area is 82.2 Å². The molecular formula is C11H11NO2. The normalized spacial score (nSPS) is 10.4. The highest BCUT2D eigenvalue weighted by atomic mass is 16.1. The minimum Gasteiger partial charge on any atom is -0.366 e. The second-order valence-electron chi connectivity index (χ2n) is 2.97. The van der Waals surface area contributed by atoms with Gasteiger partial charge in [-0.15, -0.1) is 0 Å². The van der Waals surface area contributed by atoms with E-state index in [0.717, 1.165) is 11.6 Å². The standard InChI is InChI=1S/C11H11NO2/c1-8-2-4-9(5-3-8)10(13)6-7-11(12)14/h2-7H,1H3,(H2,12,14)/b7-6+. The van der Waals surface area contributed by atoms with Crippen molar-refractivity contribution in [2.24, 2.45) is 5.73 Å². The summed E-state index contributed by atoms with van der Waals surface area (Å²) < 4.78 is 0. The molecule has 0 heterocycles. The molecule has 0 aliphatic heterocycles. The van der Waals surface area contributed by atoms with E-state index in [1.807, 2.05) is 19.1 Å². The van der Waals surface area contributed by atoms with Gasteiger partial charge >= 0.3 is 0 Å². The maximum Gasteiger partial charge on any atom is 0.241 e. The van der Waals surface area contributed by atoms with Gasteiger partial charge in [0.25, 0.3) is 0 Å². The Hall–Kier alpha value is -1.90. The van der Waals surface area contributed by atoms with Crippen LogP contribution in [0.15, 0.2) is 36.4 Å². The maximum absolute atomic E-state index is 11.4. The number of carbonyl (C=O) groups excluding carboxylic acids is 2. The molecule has 3 heteroatoms. The van der Waals surface area contributed by atoms with Crippen LogP contribution in [-0.4, -0.2) is 11.7 Å². The van der Waals surface area contributed by atoms with Crippen molar-refractivity contribution in [3.05, 3.63) is 47.5 Å². The van der Waals surface area contributed by atoms with E-state index in [1.54, 1.807) is 12.1 Å². The maximum atomic E-state index is 11.4. The Kier molecular flexibility index (Phi) is 3.18. The van der Waals surface area contributed by atoms with E-state index >= 15 is 0 Å². The average Bonchev–Trinajstić information content (AvgIpc) is 2.15. The monoisotopic (exact) mass is 189 g/mol. The van der Waals surface area contributed by atoms with Crippen molar-refractivity contribution < 1.29 is 9.59 Å². The summed E-state index contributed by atoms with van der Waals surface area (Å²) in [6.07, 6.45) is 2.23. The fourth-order valence-electron chi connectivity index (χ4n) is 0.972. The summed E-state index contributed by atoms with van der Waals surface area (Å²) in [5.74, 6) is -0.839. The number of amides is 1. The van der Waals surface area contributed by atoms with E-state index < -0.39 is 5.91 Å². The van der Waals surface area contributed by atoms with Crippen molar-refractivity contribution in [3.63, 3.8) is 0 Å². The Morgan fingerprint density at radius 1 is 1.14 bits per heavy atom. The second-order valence-corrected chi connectivity index (χ2v) is 2.97. The summed E-state index contributed by atoms with van der Waals surface area (Å²) in [7, 11) is 0. The van der Waals surface area contributed by atoms with Gasteiger partial charge in [-0.1, -0.05) is 29.8 Å². The van der Waals surface area contributed by atoms with Crippen LogP contribution in [0.4, 0.5) is 0 Å². The highest BCUT2D eigenvalue weighted by Gasteiger charge is 2.00. The topological polar surface area (TPSA) is 60.2 Å². The van der Waals surface area contributed by atoms with Gasteiger partial charge in [0, 0.05) is 11.6 Å². The highest BCUT2D eigenvalue weighted by molar-refractivity contribution is 6.07. The lowest BCUT2D eigenvalue weighted by molar-refractivity contribution is -0.113. The van der Waals surface area contributed by atoms with E-state index in [-0.39, 0.29) is 5.78 Å². The lowest BCUT2D eigenvalue weighted by Crippen LogP contribution is -2.06. The van der Waals surface area contributed by atoms with Crippen LogP contribution in [0.1, 0.15) is 15.9 Å². The molecule has 1 rings (SSSR count). The fraction of sp³-hybridized carbons (Fsp3) is 0.0909. The molecule has 0 saturated heterocycles. The molecule has 3 nitrogen and oxygen atoms in total. The van der Waals surface area contributed by atoms with E-state index in [0.29, 0.717) is 5.56 Å². The number of nitrogens with two attached hydrogens (primary N) is 1. The van der Waals surface area contributed by atoms with Crippen LogP contribution in [-0.2, 0) is 4.79 Å². The number of carbonyl (C=O) groups is 2. The minimum atomic E-state index is -0.620. The van der Waals surface area contributed by atoms with Gasteiger partial charge in [0.05, 0.1) is 0 Å². The van der Waals surface area contributed by atoms with Crippen molar-refractivity contribution in [3.8, 4) is 0 Å². The zero-order valence-electron chi connectivity index (χ0n) is 7.86. The molecule has 0 aromatic heterocycles. The molecule has 1 aromatic carbocycles. The van der Waals surface area contributed by atoms with Crippen molar-refractivity contribution in [2.75, 3.05) is 0 Å². The molecule has 0 aliphatic carbocycles. The molecule has 0 fully saturated rings. The number of hydrogen-bond acceptors (Lipinski definition) is 2. The Morgan fingerprint density at radius 2 is 1.71 bits per heavy atom. The molecule has 0 unspecified atom stereocenters. The molecule has 0 saturated carbocycles. The third kappa shape index (κ3) is 2.86. The number of aryl methyl sites for hydroxylation is 1. The predicted octanol–water partition coefficient (Wildman–Crippen LogP) is 1.22. The Morgan fingerprint density at radius 3 is 2.21 bits per heavy atom. The molecule has 2 N–H and O–H groups in total. The number of ketones is 1. The third-order valence-corrected chi connectivity index (χ3v) is 1.74. The lowest BCUT2D eigenvalue weighted by atomic mass is 10.1. The zero-order chi connectivity index (χ0) is 10.6. The zero-order valence-corrected chi connectivity index (χ0v) is 7.86. The van der Waals surface area contributed by atoms with Crippen LogP contribution in [0.2, 0.25) is 0 Å². The summed E-state index contributed by atoms with van der Waals surface area (Å²) in [5.41, 5.74) is 6.50. The van der Waals surface area contributed by atoms with Crippen molar-refractivity contribution >= 4 is 11.7 Å². The van der Waals surface area contributed by atoms with Gasteiger partial charge in [0.15, 0.2) is 5.78 Å². The Bertz CT molecular complexity index is 377. The van der Waals surface area contributed by atoms with Gasteiger partial charge in [-0.3, -0.25) is 9.59 Å². The third-order valence-electron chi connectivity index (χ3n) is 1.74. The summed E-state index contributed by atoms with van der Waals surface area (Å²) in [4.78, 5) is 21.7. The molecule has 0 bridgehead atoms. The fourth-order valence-corrected chi connectivity index (χ4v) is 0.972. The molecule has 0 aliphatic rings. The molecule has 1 amide bonds. The van der Waals surface area contributed by atoms with Crippen molar-refractivity contribution in [1.29, 1.82) is 0 Å². The number of hydrogen-bond donors (Lipinski definition) is 1. The Balaban J connectivity index is 2.80. The first kappa shape index (κ1) is 10.2. The second kappa shape index (κ2) is 4.37. The van der Waals surface area contributed by atoms with Crippen LogP contribution in [0.25, 0.3) is 0 Å². The SMILES string of the molecule is Cc1ccc(C(=O)/C=C/C(N)=O)cc1. The van der Waals surface area contributed by atoms with Gasteiger partial charge in [-0.2, -0.15) is 0 Å². The van der Waals surface area contributed by atoms with Gasteiger partial charge in [0.2, 0.25) is 5.91 Å². The smallest absolute Gasteiger partial charge is 0.241 e. The molecule has 0 radical (unpaired) electrons.